The van der Waals surface area contributed by atoms with Gasteiger partial charge in [-0.25, -0.2) is 14.4 Å². The predicted molar refractivity (Wildman–Crippen MR) is 115 cm³/mol. The fraction of sp³-hybridized carbons (Fsp3) is 0.429. The average Bonchev–Trinajstić information content (AvgIpc) is 3.37. The minimum absolute atomic E-state index is 0.0510. The highest BCUT2D eigenvalue weighted by molar-refractivity contribution is 7.19. The zero-order valence-corrected chi connectivity index (χ0v) is 18.0. The number of rotatable bonds is 4. The number of nitrogens with zero attached hydrogens (tertiary/aromatic N) is 4. The molecule has 1 N–H and O–H groups in total. The second-order valence-corrected chi connectivity index (χ2v) is 8.03. The molecule has 1 aliphatic heterocycles. The molecule has 1 aliphatic rings. The molecule has 1 amide bonds. The molecule has 0 spiro atoms. The van der Waals surface area contributed by atoms with Crippen LogP contribution >= 0.6 is 11.3 Å². The number of halogens is 1. The average molecular weight is 416 g/mol. The van der Waals surface area contributed by atoms with Crippen LogP contribution in [0, 0.1) is 12.7 Å². The number of hydrogen-bond acceptors (Lipinski definition) is 6. The highest BCUT2D eigenvalue weighted by Gasteiger charge is 2.25. The molecule has 154 valence electrons. The van der Waals surface area contributed by atoms with Crippen LogP contribution in [0.4, 0.5) is 10.3 Å². The van der Waals surface area contributed by atoms with E-state index in [2.05, 4.69) is 20.3 Å². The zero-order chi connectivity index (χ0) is 21.0. The number of hydrogen-bond donors (Lipinski definition) is 1. The number of anilines is 1. The van der Waals surface area contributed by atoms with Crippen LogP contribution in [-0.2, 0) is 0 Å². The number of carbonyl (C=O) groups is 1. The minimum atomic E-state index is -0.393. The summed E-state index contributed by atoms with van der Waals surface area (Å²) in [7, 11) is 0. The van der Waals surface area contributed by atoms with Crippen molar-refractivity contribution in [1.82, 2.24) is 19.9 Å². The Morgan fingerprint density at radius 2 is 1.93 bits per heavy atom. The van der Waals surface area contributed by atoms with E-state index < -0.39 is 5.82 Å². The Bertz CT molecular complexity index is 1000. The molecule has 8 heteroatoms. The molecule has 4 heterocycles. The molecule has 1 atom stereocenters. The van der Waals surface area contributed by atoms with Crippen molar-refractivity contribution in [1.29, 1.82) is 0 Å². The molecule has 6 nitrogen and oxygen atoms in total. The van der Waals surface area contributed by atoms with E-state index in [-0.39, 0.29) is 11.9 Å². The summed E-state index contributed by atoms with van der Waals surface area (Å²) in [5.41, 5.74) is 1.88. The van der Waals surface area contributed by atoms with Crippen molar-refractivity contribution in [3.63, 3.8) is 0 Å². The van der Waals surface area contributed by atoms with Gasteiger partial charge in [0.05, 0.1) is 22.5 Å². The Balaban J connectivity index is 0.00000117. The Kier molecular flexibility index (Phi) is 6.74. The highest BCUT2D eigenvalue weighted by Crippen LogP contribution is 2.29. The lowest BCUT2D eigenvalue weighted by Crippen LogP contribution is -2.28. The van der Waals surface area contributed by atoms with Gasteiger partial charge in [-0.05, 0) is 44.4 Å². The topological polar surface area (TPSA) is 71.0 Å². The van der Waals surface area contributed by atoms with Gasteiger partial charge in [0.1, 0.15) is 5.82 Å². The summed E-state index contributed by atoms with van der Waals surface area (Å²) in [6.45, 7) is 9.40. The lowest BCUT2D eigenvalue weighted by Gasteiger charge is -2.17. The van der Waals surface area contributed by atoms with E-state index in [1.807, 2.05) is 38.7 Å². The second-order valence-electron chi connectivity index (χ2n) is 6.77. The molecule has 0 aliphatic carbocycles. The summed E-state index contributed by atoms with van der Waals surface area (Å²) in [6.07, 6.45) is 4.82. The summed E-state index contributed by atoms with van der Waals surface area (Å²) < 4.78 is 14.3. The summed E-state index contributed by atoms with van der Waals surface area (Å²) in [5.74, 6) is -0.0830. The van der Waals surface area contributed by atoms with E-state index >= 15 is 0 Å². The molecule has 1 saturated heterocycles. The number of amides is 1. The number of nitrogens with one attached hydrogen (secondary N) is 1. The van der Waals surface area contributed by atoms with Gasteiger partial charge in [-0.1, -0.05) is 13.8 Å². The lowest BCUT2D eigenvalue weighted by atomic mass is 10.1. The molecule has 4 rings (SSSR count). The van der Waals surface area contributed by atoms with Crippen LogP contribution in [0.15, 0.2) is 24.5 Å². The van der Waals surface area contributed by atoms with Crippen LogP contribution in [0.1, 0.15) is 60.6 Å². The Morgan fingerprint density at radius 1 is 1.21 bits per heavy atom. The number of carbonyl (C=O) groups excluding carboxylic acids is 1. The monoisotopic (exact) mass is 415 g/mol. The van der Waals surface area contributed by atoms with Gasteiger partial charge >= 0.3 is 0 Å². The normalized spacial score (nSPS) is 14.4. The van der Waals surface area contributed by atoms with Crippen molar-refractivity contribution in [3.05, 3.63) is 46.5 Å². The van der Waals surface area contributed by atoms with Gasteiger partial charge in [0.25, 0.3) is 5.91 Å². The van der Waals surface area contributed by atoms with Crippen LogP contribution in [0.5, 0.6) is 0 Å². The summed E-state index contributed by atoms with van der Waals surface area (Å²) in [5, 5.41) is 3.18. The summed E-state index contributed by atoms with van der Waals surface area (Å²) in [4.78, 5) is 28.9. The summed E-state index contributed by atoms with van der Waals surface area (Å²) >= 11 is 1.53. The molecule has 1 unspecified atom stereocenters. The first-order valence-corrected chi connectivity index (χ1v) is 10.8. The number of thiophene rings is 1. The predicted octanol–water partition coefficient (Wildman–Crippen LogP) is 4.97. The largest absolute Gasteiger partial charge is 0.348 e. The van der Waals surface area contributed by atoms with E-state index in [4.69, 9.17) is 0 Å². The van der Waals surface area contributed by atoms with Crippen molar-refractivity contribution in [3.8, 4) is 0 Å². The first kappa shape index (κ1) is 21.1. The quantitative estimate of drug-likeness (QED) is 0.651. The standard InChI is InChI=1S/C19H20FN5OS.C2H6/c1-11-7-15-17(27-11)16(18(26)25-5-3-4-6-25)24-19(23-15)22-12(2)13-8-14(20)10-21-9-13;1-2/h7-10,12H,3-6H2,1-2H3,(H,22,23,24);1-2H3. The van der Waals surface area contributed by atoms with Gasteiger partial charge in [-0.3, -0.25) is 9.78 Å². The maximum absolute atomic E-state index is 13.4. The third-order valence-corrected chi connectivity index (χ3v) is 5.71. The Hall–Kier alpha value is -2.61. The van der Waals surface area contributed by atoms with Crippen LogP contribution in [0.3, 0.4) is 0 Å². The third kappa shape index (κ3) is 4.70. The smallest absolute Gasteiger partial charge is 0.274 e. The molecular weight excluding hydrogens is 389 g/mol. The van der Waals surface area contributed by atoms with Gasteiger partial charge in [-0.2, -0.15) is 0 Å². The number of fused-ring (bicyclic) bond motifs is 1. The van der Waals surface area contributed by atoms with Crippen molar-refractivity contribution in [2.75, 3.05) is 18.4 Å². The van der Waals surface area contributed by atoms with Crippen LogP contribution in [-0.4, -0.2) is 38.8 Å². The molecule has 29 heavy (non-hydrogen) atoms. The van der Waals surface area contributed by atoms with Gasteiger partial charge in [-0.15, -0.1) is 11.3 Å². The van der Waals surface area contributed by atoms with E-state index in [0.29, 0.717) is 17.2 Å². The van der Waals surface area contributed by atoms with Crippen molar-refractivity contribution < 1.29 is 9.18 Å². The first-order chi connectivity index (χ1) is 14.0. The maximum atomic E-state index is 13.4. The van der Waals surface area contributed by atoms with Gasteiger partial charge in [0, 0.05) is 24.2 Å². The number of likely N-dealkylation sites (tertiary alicyclic amines) is 1. The van der Waals surface area contributed by atoms with Gasteiger partial charge in [0.15, 0.2) is 5.69 Å². The van der Waals surface area contributed by atoms with Crippen LogP contribution < -0.4 is 5.32 Å². The van der Waals surface area contributed by atoms with E-state index in [0.717, 1.165) is 41.0 Å². The summed E-state index contributed by atoms with van der Waals surface area (Å²) in [6, 6.07) is 3.14. The van der Waals surface area contributed by atoms with E-state index in [1.54, 1.807) is 6.20 Å². The van der Waals surface area contributed by atoms with E-state index in [1.165, 1.54) is 23.6 Å². The molecular formula is C21H26FN5OS. The number of aromatic nitrogens is 3. The van der Waals surface area contributed by atoms with Gasteiger partial charge < -0.3 is 10.2 Å². The molecule has 3 aromatic rings. The lowest BCUT2D eigenvalue weighted by molar-refractivity contribution is 0.0789. The van der Waals surface area contributed by atoms with Gasteiger partial charge in [0.2, 0.25) is 5.95 Å². The molecule has 0 radical (unpaired) electrons. The highest BCUT2D eigenvalue weighted by atomic mass is 32.1. The van der Waals surface area contributed by atoms with Crippen molar-refractivity contribution >= 4 is 33.4 Å². The fourth-order valence-electron chi connectivity index (χ4n) is 3.27. The van der Waals surface area contributed by atoms with E-state index in [9.17, 15) is 9.18 Å². The van der Waals surface area contributed by atoms with Crippen molar-refractivity contribution in [2.24, 2.45) is 0 Å². The van der Waals surface area contributed by atoms with Crippen LogP contribution in [0.25, 0.3) is 10.2 Å². The molecule has 1 fully saturated rings. The maximum Gasteiger partial charge on any atom is 0.274 e. The molecule has 0 bridgehead atoms. The molecule has 3 aromatic heterocycles. The Morgan fingerprint density at radius 3 is 2.62 bits per heavy atom. The molecule has 0 aromatic carbocycles. The number of pyridine rings is 1. The van der Waals surface area contributed by atoms with Crippen molar-refractivity contribution in [2.45, 2.75) is 46.6 Å². The zero-order valence-electron chi connectivity index (χ0n) is 17.2. The first-order valence-electron chi connectivity index (χ1n) is 9.95. The minimum Gasteiger partial charge on any atom is -0.348 e. The third-order valence-electron chi connectivity index (χ3n) is 4.66. The van der Waals surface area contributed by atoms with Crippen LogP contribution in [0.2, 0.25) is 0 Å². The Labute approximate surface area is 174 Å². The number of aryl methyl sites for hydroxylation is 1. The molecule has 0 saturated carbocycles. The fourth-order valence-corrected chi connectivity index (χ4v) is 4.20. The second kappa shape index (κ2) is 9.26. The SMILES string of the molecule is CC.Cc1cc2nc(NC(C)c3cncc(F)c3)nc(C(=O)N3CCCC3)c2s1.